The van der Waals surface area contributed by atoms with Crippen LogP contribution in [-0.2, 0) is 6.42 Å². The highest BCUT2D eigenvalue weighted by molar-refractivity contribution is 7.09. The molecule has 1 heterocycles. The minimum absolute atomic E-state index is 0.337. The Bertz CT molecular complexity index is 481. The summed E-state index contributed by atoms with van der Waals surface area (Å²) in [6, 6.07) is 13.0. The van der Waals surface area contributed by atoms with Gasteiger partial charge in [-0.05, 0) is 42.6 Å². The van der Waals surface area contributed by atoms with Gasteiger partial charge in [0.25, 0.3) is 0 Å². The predicted octanol–water partition coefficient (Wildman–Crippen LogP) is 4.04. The third-order valence-electron chi connectivity index (χ3n) is 3.07. The van der Waals surface area contributed by atoms with Crippen molar-refractivity contribution in [1.29, 1.82) is 0 Å². The van der Waals surface area contributed by atoms with Gasteiger partial charge in [0, 0.05) is 17.3 Å². The molecule has 3 heteroatoms. The zero-order chi connectivity index (χ0) is 13.5. The summed E-state index contributed by atoms with van der Waals surface area (Å²) in [5.74, 6) is 0.964. The molecule has 0 fully saturated rings. The van der Waals surface area contributed by atoms with Crippen molar-refractivity contribution in [2.75, 3.05) is 13.7 Å². The fraction of sp³-hybridized carbons (Fsp3) is 0.375. The smallest absolute Gasteiger partial charge is 0.119 e. The predicted molar refractivity (Wildman–Crippen MR) is 82.1 cm³/mol. The SMILES string of the molecule is CCCOc1cccc(C(Cc2cccs2)NC)c1. The number of nitrogens with one attached hydrogen (secondary N) is 1. The highest BCUT2D eigenvalue weighted by Crippen LogP contribution is 2.24. The second kappa shape index (κ2) is 7.31. The molecule has 1 N–H and O–H groups in total. The van der Waals surface area contributed by atoms with Crippen LogP contribution in [0.3, 0.4) is 0 Å². The van der Waals surface area contributed by atoms with Gasteiger partial charge in [-0.1, -0.05) is 25.1 Å². The molecule has 0 saturated heterocycles. The Morgan fingerprint density at radius 1 is 1.26 bits per heavy atom. The molecule has 1 unspecified atom stereocenters. The molecule has 0 amide bonds. The van der Waals surface area contributed by atoms with Gasteiger partial charge < -0.3 is 10.1 Å². The van der Waals surface area contributed by atoms with Crippen molar-refractivity contribution in [3.63, 3.8) is 0 Å². The van der Waals surface area contributed by atoms with Crippen LogP contribution in [0.15, 0.2) is 41.8 Å². The maximum atomic E-state index is 5.70. The summed E-state index contributed by atoms with van der Waals surface area (Å²) in [5.41, 5.74) is 1.28. The Labute approximate surface area is 119 Å². The molecule has 1 atom stereocenters. The third kappa shape index (κ3) is 4.08. The summed E-state index contributed by atoms with van der Waals surface area (Å²) in [5, 5.41) is 5.52. The minimum atomic E-state index is 0.337. The lowest BCUT2D eigenvalue weighted by Gasteiger charge is -2.17. The van der Waals surface area contributed by atoms with Gasteiger partial charge in [0.15, 0.2) is 0 Å². The van der Waals surface area contributed by atoms with E-state index in [4.69, 9.17) is 4.74 Å². The summed E-state index contributed by atoms with van der Waals surface area (Å²) < 4.78 is 5.70. The second-order valence-corrected chi connectivity index (χ2v) is 5.58. The average molecular weight is 275 g/mol. The number of likely N-dealkylation sites (N-methyl/N-ethyl adjacent to an activating group) is 1. The average Bonchev–Trinajstić information content (AvgIpc) is 2.96. The molecule has 2 rings (SSSR count). The fourth-order valence-electron chi connectivity index (χ4n) is 2.06. The number of ether oxygens (including phenoxy) is 1. The van der Waals surface area contributed by atoms with Gasteiger partial charge >= 0.3 is 0 Å². The van der Waals surface area contributed by atoms with Gasteiger partial charge in [0.1, 0.15) is 5.75 Å². The van der Waals surface area contributed by atoms with Crippen molar-refractivity contribution in [3.8, 4) is 5.75 Å². The summed E-state index contributed by atoms with van der Waals surface area (Å²) in [4.78, 5) is 1.40. The van der Waals surface area contributed by atoms with E-state index in [0.717, 1.165) is 25.2 Å². The monoisotopic (exact) mass is 275 g/mol. The van der Waals surface area contributed by atoms with Crippen molar-refractivity contribution in [2.45, 2.75) is 25.8 Å². The molecular formula is C16H21NOS. The highest BCUT2D eigenvalue weighted by atomic mass is 32.1. The molecule has 19 heavy (non-hydrogen) atoms. The van der Waals surface area contributed by atoms with Crippen molar-refractivity contribution < 1.29 is 4.74 Å². The van der Waals surface area contributed by atoms with Crippen LogP contribution >= 0.6 is 11.3 Å². The Kier molecular flexibility index (Phi) is 5.43. The van der Waals surface area contributed by atoms with Crippen LogP contribution in [0.5, 0.6) is 5.75 Å². The molecule has 0 aliphatic heterocycles. The van der Waals surface area contributed by atoms with Crippen molar-refractivity contribution >= 4 is 11.3 Å². The van der Waals surface area contributed by atoms with E-state index in [1.54, 1.807) is 0 Å². The van der Waals surface area contributed by atoms with Crippen molar-refractivity contribution in [3.05, 3.63) is 52.2 Å². The van der Waals surface area contributed by atoms with Gasteiger partial charge in [0.2, 0.25) is 0 Å². The van der Waals surface area contributed by atoms with Gasteiger partial charge in [0.05, 0.1) is 6.61 Å². The fourth-order valence-corrected chi connectivity index (χ4v) is 2.81. The molecule has 2 aromatic rings. The van der Waals surface area contributed by atoms with Gasteiger partial charge in [-0.15, -0.1) is 11.3 Å². The van der Waals surface area contributed by atoms with E-state index in [2.05, 4.69) is 48.0 Å². The van der Waals surface area contributed by atoms with Crippen molar-refractivity contribution in [1.82, 2.24) is 5.32 Å². The first-order valence-corrected chi connectivity index (χ1v) is 7.64. The third-order valence-corrected chi connectivity index (χ3v) is 3.97. The summed E-state index contributed by atoms with van der Waals surface area (Å²) >= 11 is 1.81. The van der Waals surface area contributed by atoms with E-state index in [9.17, 15) is 0 Å². The molecule has 0 radical (unpaired) electrons. The van der Waals surface area contributed by atoms with E-state index in [1.165, 1.54) is 10.4 Å². The quantitative estimate of drug-likeness (QED) is 0.823. The van der Waals surface area contributed by atoms with Crippen LogP contribution in [0.4, 0.5) is 0 Å². The second-order valence-electron chi connectivity index (χ2n) is 4.55. The lowest BCUT2D eigenvalue weighted by molar-refractivity contribution is 0.317. The Balaban J connectivity index is 2.09. The van der Waals surface area contributed by atoms with E-state index >= 15 is 0 Å². The van der Waals surface area contributed by atoms with Crippen LogP contribution in [0.2, 0.25) is 0 Å². The Morgan fingerprint density at radius 3 is 2.84 bits per heavy atom. The Hall–Kier alpha value is -1.32. The molecule has 102 valence electrons. The summed E-state index contributed by atoms with van der Waals surface area (Å²) in [6.45, 7) is 2.90. The highest BCUT2D eigenvalue weighted by Gasteiger charge is 2.11. The number of rotatable bonds is 7. The maximum Gasteiger partial charge on any atom is 0.119 e. The number of hydrogen-bond donors (Lipinski definition) is 1. The molecule has 1 aromatic heterocycles. The molecule has 2 nitrogen and oxygen atoms in total. The summed E-state index contributed by atoms with van der Waals surface area (Å²) in [6.07, 6.45) is 2.06. The largest absolute Gasteiger partial charge is 0.494 e. The first-order valence-electron chi connectivity index (χ1n) is 6.76. The maximum absolute atomic E-state index is 5.70. The first-order chi connectivity index (χ1) is 9.33. The van der Waals surface area contributed by atoms with Crippen LogP contribution < -0.4 is 10.1 Å². The number of benzene rings is 1. The molecule has 1 aromatic carbocycles. The van der Waals surface area contributed by atoms with Gasteiger partial charge in [-0.2, -0.15) is 0 Å². The van der Waals surface area contributed by atoms with E-state index in [0.29, 0.717) is 6.04 Å². The molecular weight excluding hydrogens is 254 g/mol. The van der Waals surface area contributed by atoms with Crippen LogP contribution in [0, 0.1) is 0 Å². The normalized spacial score (nSPS) is 12.3. The topological polar surface area (TPSA) is 21.3 Å². The lowest BCUT2D eigenvalue weighted by atomic mass is 10.0. The lowest BCUT2D eigenvalue weighted by Crippen LogP contribution is -2.18. The number of thiophene rings is 1. The molecule has 0 aliphatic carbocycles. The molecule has 0 bridgehead atoms. The Morgan fingerprint density at radius 2 is 2.16 bits per heavy atom. The van der Waals surface area contributed by atoms with E-state index < -0.39 is 0 Å². The van der Waals surface area contributed by atoms with Crippen molar-refractivity contribution in [2.24, 2.45) is 0 Å². The zero-order valence-electron chi connectivity index (χ0n) is 11.6. The van der Waals surface area contributed by atoms with Crippen LogP contribution in [0.25, 0.3) is 0 Å². The first kappa shape index (κ1) is 14.1. The summed E-state index contributed by atoms with van der Waals surface area (Å²) in [7, 11) is 2.01. The van der Waals surface area contributed by atoms with Gasteiger partial charge in [-0.3, -0.25) is 0 Å². The van der Waals surface area contributed by atoms with E-state index in [-0.39, 0.29) is 0 Å². The van der Waals surface area contributed by atoms with Crippen LogP contribution in [-0.4, -0.2) is 13.7 Å². The molecule has 0 aliphatic rings. The number of hydrogen-bond acceptors (Lipinski definition) is 3. The minimum Gasteiger partial charge on any atom is -0.494 e. The standard InChI is InChI=1S/C16H21NOS/c1-3-9-18-14-7-4-6-13(11-14)16(17-2)12-15-8-5-10-19-15/h4-8,10-11,16-17H,3,9,12H2,1-2H3. The van der Waals surface area contributed by atoms with Crippen LogP contribution in [0.1, 0.15) is 29.8 Å². The molecule has 0 spiro atoms. The zero-order valence-corrected chi connectivity index (χ0v) is 12.4. The molecule has 0 saturated carbocycles. The van der Waals surface area contributed by atoms with E-state index in [1.807, 2.05) is 24.5 Å². The van der Waals surface area contributed by atoms with Gasteiger partial charge in [-0.25, -0.2) is 0 Å².